The number of carbonyl (C=O) groups excluding carboxylic acids is 1. The van der Waals surface area contributed by atoms with Crippen molar-refractivity contribution >= 4 is 16.7 Å². The van der Waals surface area contributed by atoms with Crippen LogP contribution in [0.4, 0.5) is 0 Å². The van der Waals surface area contributed by atoms with Crippen molar-refractivity contribution in [3.8, 4) is 5.75 Å². The molecular weight excluding hydrogens is 274 g/mol. The van der Waals surface area contributed by atoms with Crippen molar-refractivity contribution in [2.45, 2.75) is 39.7 Å². The Labute approximate surface area is 132 Å². The molecule has 0 unspecified atom stereocenters. The van der Waals surface area contributed by atoms with Crippen molar-refractivity contribution < 1.29 is 9.53 Å². The summed E-state index contributed by atoms with van der Waals surface area (Å²) in [5.74, 6) is 1.29. The summed E-state index contributed by atoms with van der Waals surface area (Å²) in [6, 6.07) is 14.1. The van der Waals surface area contributed by atoms with Gasteiger partial charge in [0.25, 0.3) is 5.91 Å². The zero-order chi connectivity index (χ0) is 15.9. The van der Waals surface area contributed by atoms with Crippen LogP contribution in [0.1, 0.15) is 33.6 Å². The van der Waals surface area contributed by atoms with Crippen molar-refractivity contribution in [3.05, 3.63) is 42.5 Å². The van der Waals surface area contributed by atoms with E-state index in [9.17, 15) is 4.79 Å². The fourth-order valence-electron chi connectivity index (χ4n) is 2.33. The van der Waals surface area contributed by atoms with E-state index in [2.05, 4.69) is 25.2 Å². The summed E-state index contributed by atoms with van der Waals surface area (Å²) in [6.07, 6.45) is 1.20. The third kappa shape index (κ3) is 4.48. The highest BCUT2D eigenvalue weighted by molar-refractivity contribution is 5.84. The van der Waals surface area contributed by atoms with E-state index in [1.54, 1.807) is 0 Å². The van der Waals surface area contributed by atoms with Gasteiger partial charge in [0.2, 0.25) is 0 Å². The number of fused-ring (bicyclic) bond motifs is 1. The van der Waals surface area contributed by atoms with E-state index in [1.807, 2.05) is 43.3 Å². The summed E-state index contributed by atoms with van der Waals surface area (Å²) in [6.45, 7) is 6.96. The monoisotopic (exact) mass is 299 g/mol. The van der Waals surface area contributed by atoms with E-state index in [4.69, 9.17) is 4.74 Å². The fourth-order valence-corrected chi connectivity index (χ4v) is 2.33. The molecule has 0 heterocycles. The lowest BCUT2D eigenvalue weighted by molar-refractivity contribution is -0.128. The number of benzene rings is 2. The van der Waals surface area contributed by atoms with E-state index in [0.717, 1.165) is 17.6 Å². The van der Waals surface area contributed by atoms with Crippen molar-refractivity contribution in [3.63, 3.8) is 0 Å². The highest BCUT2D eigenvalue weighted by Crippen LogP contribution is 2.22. The molecule has 1 amide bonds. The second-order valence-corrected chi connectivity index (χ2v) is 6.00. The van der Waals surface area contributed by atoms with Crippen molar-refractivity contribution in [2.24, 2.45) is 5.92 Å². The number of amides is 1. The number of nitrogens with one attached hydrogen (secondary N) is 1. The quantitative estimate of drug-likeness (QED) is 0.833. The van der Waals surface area contributed by atoms with Crippen LogP contribution in [0.5, 0.6) is 5.75 Å². The van der Waals surface area contributed by atoms with Crippen LogP contribution < -0.4 is 10.1 Å². The molecule has 2 aromatic carbocycles. The third-order valence-electron chi connectivity index (χ3n) is 3.68. The SMILES string of the molecule is CC[C@@H](Oc1ccc2ccccc2c1)C(=O)NCCC(C)C. The van der Waals surface area contributed by atoms with E-state index < -0.39 is 6.10 Å². The Morgan fingerprint density at radius 3 is 2.55 bits per heavy atom. The summed E-state index contributed by atoms with van der Waals surface area (Å²) in [7, 11) is 0. The summed E-state index contributed by atoms with van der Waals surface area (Å²) in [5, 5.41) is 5.25. The molecule has 118 valence electrons. The summed E-state index contributed by atoms with van der Waals surface area (Å²) >= 11 is 0. The first-order valence-electron chi connectivity index (χ1n) is 8.03. The van der Waals surface area contributed by atoms with Crippen molar-refractivity contribution in [1.82, 2.24) is 5.32 Å². The Kier molecular flexibility index (Phi) is 5.82. The van der Waals surface area contributed by atoms with Crippen molar-refractivity contribution in [2.75, 3.05) is 6.54 Å². The molecule has 2 rings (SSSR count). The molecule has 0 aliphatic rings. The number of rotatable bonds is 7. The van der Waals surface area contributed by atoms with Gasteiger partial charge in [-0.15, -0.1) is 0 Å². The van der Waals surface area contributed by atoms with Gasteiger partial charge in [0.05, 0.1) is 0 Å². The highest BCUT2D eigenvalue weighted by atomic mass is 16.5. The van der Waals surface area contributed by atoms with E-state index >= 15 is 0 Å². The molecule has 1 N–H and O–H groups in total. The first kappa shape index (κ1) is 16.3. The van der Waals surface area contributed by atoms with E-state index in [1.165, 1.54) is 5.39 Å². The Bertz CT molecular complexity index is 622. The average Bonchev–Trinajstić information content (AvgIpc) is 2.52. The van der Waals surface area contributed by atoms with Crippen LogP contribution in [-0.4, -0.2) is 18.6 Å². The number of hydrogen-bond acceptors (Lipinski definition) is 2. The van der Waals surface area contributed by atoms with Gasteiger partial charge in [-0.25, -0.2) is 0 Å². The van der Waals surface area contributed by atoms with Gasteiger partial charge >= 0.3 is 0 Å². The number of hydrogen-bond donors (Lipinski definition) is 1. The maximum Gasteiger partial charge on any atom is 0.261 e. The Hall–Kier alpha value is -2.03. The Morgan fingerprint density at radius 1 is 1.14 bits per heavy atom. The minimum absolute atomic E-state index is 0.0312. The lowest BCUT2D eigenvalue weighted by Crippen LogP contribution is -2.38. The van der Waals surface area contributed by atoms with Crippen LogP contribution in [0.15, 0.2) is 42.5 Å². The molecule has 0 aromatic heterocycles. The normalized spacial score (nSPS) is 12.4. The minimum atomic E-state index is -0.437. The van der Waals surface area contributed by atoms with Gasteiger partial charge in [0, 0.05) is 6.54 Å². The average molecular weight is 299 g/mol. The van der Waals surface area contributed by atoms with Crippen LogP contribution in [0, 0.1) is 5.92 Å². The van der Waals surface area contributed by atoms with Gasteiger partial charge in [0.15, 0.2) is 6.10 Å². The second-order valence-electron chi connectivity index (χ2n) is 6.00. The van der Waals surface area contributed by atoms with Gasteiger partial charge in [-0.3, -0.25) is 4.79 Å². The van der Waals surface area contributed by atoms with Gasteiger partial charge < -0.3 is 10.1 Å². The molecule has 3 nitrogen and oxygen atoms in total. The molecular formula is C19H25NO2. The third-order valence-corrected chi connectivity index (χ3v) is 3.68. The lowest BCUT2D eigenvalue weighted by atomic mass is 10.1. The van der Waals surface area contributed by atoms with Crippen LogP contribution in [0.2, 0.25) is 0 Å². The Balaban J connectivity index is 2.00. The van der Waals surface area contributed by atoms with Crippen molar-refractivity contribution in [1.29, 1.82) is 0 Å². The van der Waals surface area contributed by atoms with Gasteiger partial charge in [-0.2, -0.15) is 0 Å². The standard InChI is InChI=1S/C19H25NO2/c1-4-18(19(21)20-12-11-14(2)3)22-17-10-9-15-7-5-6-8-16(15)13-17/h5-10,13-14,18H,4,11-12H2,1-3H3,(H,20,21)/t18-/m1/s1. The molecule has 0 radical (unpaired) electrons. The molecule has 0 aliphatic carbocycles. The van der Waals surface area contributed by atoms with Gasteiger partial charge in [-0.05, 0) is 41.7 Å². The smallest absolute Gasteiger partial charge is 0.261 e. The van der Waals surface area contributed by atoms with Crippen LogP contribution in [-0.2, 0) is 4.79 Å². The Morgan fingerprint density at radius 2 is 1.86 bits per heavy atom. The minimum Gasteiger partial charge on any atom is -0.481 e. The second kappa shape index (κ2) is 7.83. The summed E-state index contributed by atoms with van der Waals surface area (Å²) in [4.78, 5) is 12.2. The van der Waals surface area contributed by atoms with Crippen LogP contribution >= 0.6 is 0 Å². The maximum atomic E-state index is 12.2. The molecule has 0 bridgehead atoms. The molecule has 22 heavy (non-hydrogen) atoms. The maximum absolute atomic E-state index is 12.2. The predicted octanol–water partition coefficient (Wildman–Crippen LogP) is 4.16. The predicted molar refractivity (Wildman–Crippen MR) is 91.1 cm³/mol. The molecule has 1 atom stereocenters. The first-order valence-corrected chi connectivity index (χ1v) is 8.03. The molecule has 0 saturated carbocycles. The zero-order valence-electron chi connectivity index (χ0n) is 13.6. The van der Waals surface area contributed by atoms with E-state index in [0.29, 0.717) is 18.9 Å². The summed E-state index contributed by atoms with van der Waals surface area (Å²) < 4.78 is 5.88. The largest absolute Gasteiger partial charge is 0.481 e. The number of carbonyl (C=O) groups is 1. The zero-order valence-corrected chi connectivity index (χ0v) is 13.6. The summed E-state index contributed by atoms with van der Waals surface area (Å²) in [5.41, 5.74) is 0. The molecule has 2 aromatic rings. The fraction of sp³-hybridized carbons (Fsp3) is 0.421. The molecule has 0 fully saturated rings. The topological polar surface area (TPSA) is 38.3 Å². The van der Waals surface area contributed by atoms with E-state index in [-0.39, 0.29) is 5.91 Å². The van der Waals surface area contributed by atoms with Gasteiger partial charge in [0.1, 0.15) is 5.75 Å². The lowest BCUT2D eigenvalue weighted by Gasteiger charge is -2.18. The van der Waals surface area contributed by atoms with Crippen LogP contribution in [0.25, 0.3) is 10.8 Å². The molecule has 0 spiro atoms. The molecule has 3 heteroatoms. The number of ether oxygens (including phenoxy) is 1. The van der Waals surface area contributed by atoms with Gasteiger partial charge in [-0.1, -0.05) is 51.1 Å². The molecule has 0 saturated heterocycles. The first-order chi connectivity index (χ1) is 10.6. The highest BCUT2D eigenvalue weighted by Gasteiger charge is 2.18. The van der Waals surface area contributed by atoms with Crippen LogP contribution in [0.3, 0.4) is 0 Å². The molecule has 0 aliphatic heterocycles.